The van der Waals surface area contributed by atoms with E-state index in [1.54, 1.807) is 38.1 Å². The molecule has 2 aromatic rings. The second-order valence-corrected chi connectivity index (χ2v) is 6.68. The van der Waals surface area contributed by atoms with E-state index in [1.807, 2.05) is 0 Å². The van der Waals surface area contributed by atoms with Crippen LogP contribution in [0.15, 0.2) is 51.0 Å². The Morgan fingerprint density at radius 1 is 1.33 bits per heavy atom. The van der Waals surface area contributed by atoms with Gasteiger partial charge >= 0.3 is 5.97 Å². The Bertz CT molecular complexity index is 961. The minimum atomic E-state index is -0.850. The van der Waals surface area contributed by atoms with E-state index in [-0.39, 0.29) is 34.8 Å². The summed E-state index contributed by atoms with van der Waals surface area (Å²) in [4.78, 5) is 25.0. The van der Waals surface area contributed by atoms with Gasteiger partial charge in [-0.25, -0.2) is 4.79 Å². The summed E-state index contributed by atoms with van der Waals surface area (Å²) >= 11 is 5.96. The van der Waals surface area contributed by atoms with E-state index in [0.717, 1.165) is 6.07 Å². The molecule has 0 amide bonds. The van der Waals surface area contributed by atoms with Crippen LogP contribution < -0.4 is 15.9 Å². The standard InChI is InChI=1S/C19H18ClNO6/c1-9(2)25-19(24)15-14(10-3-5-11(20)6-4-10)17-16(27-18(15)21)13(23)7-12(8-22)26-17/h3-7,9,14,22H,8,21H2,1-2H3/t14-/m1/s1. The van der Waals surface area contributed by atoms with E-state index in [4.69, 9.17) is 31.2 Å². The van der Waals surface area contributed by atoms with E-state index >= 15 is 0 Å². The number of rotatable bonds is 4. The maximum Gasteiger partial charge on any atom is 0.340 e. The van der Waals surface area contributed by atoms with Crippen molar-refractivity contribution in [3.8, 4) is 5.75 Å². The first-order chi connectivity index (χ1) is 12.8. The molecular formula is C19H18ClNO6. The lowest BCUT2D eigenvalue weighted by Crippen LogP contribution is -2.31. The van der Waals surface area contributed by atoms with Crippen LogP contribution in [0.3, 0.4) is 0 Å². The highest BCUT2D eigenvalue weighted by Gasteiger charge is 2.39. The highest BCUT2D eigenvalue weighted by atomic mass is 35.5. The van der Waals surface area contributed by atoms with Gasteiger partial charge in [0.15, 0.2) is 5.76 Å². The first-order valence-electron chi connectivity index (χ1n) is 8.23. The van der Waals surface area contributed by atoms with Crippen molar-refractivity contribution in [2.24, 2.45) is 5.73 Å². The van der Waals surface area contributed by atoms with Crippen molar-refractivity contribution in [1.82, 2.24) is 0 Å². The van der Waals surface area contributed by atoms with Gasteiger partial charge in [-0.3, -0.25) is 4.79 Å². The minimum absolute atomic E-state index is 0.0109. The smallest absolute Gasteiger partial charge is 0.340 e. The van der Waals surface area contributed by atoms with Gasteiger partial charge in [0.05, 0.1) is 12.0 Å². The molecule has 0 bridgehead atoms. The van der Waals surface area contributed by atoms with Crippen LogP contribution in [0, 0.1) is 0 Å². The van der Waals surface area contributed by atoms with Crippen molar-refractivity contribution in [2.45, 2.75) is 32.5 Å². The monoisotopic (exact) mass is 391 g/mol. The fourth-order valence-electron chi connectivity index (χ4n) is 2.83. The fraction of sp³-hybridized carbons (Fsp3) is 0.263. The topological polar surface area (TPSA) is 112 Å². The first kappa shape index (κ1) is 19.0. The normalized spacial score (nSPS) is 16.1. The van der Waals surface area contributed by atoms with Crippen LogP contribution >= 0.6 is 11.6 Å². The van der Waals surface area contributed by atoms with E-state index in [0.29, 0.717) is 10.6 Å². The zero-order valence-electron chi connectivity index (χ0n) is 14.7. The number of ether oxygens (including phenoxy) is 2. The average Bonchev–Trinajstić information content (AvgIpc) is 2.61. The van der Waals surface area contributed by atoms with Gasteiger partial charge in [-0.05, 0) is 31.5 Å². The molecule has 27 heavy (non-hydrogen) atoms. The molecule has 1 aliphatic heterocycles. The molecule has 142 valence electrons. The van der Waals surface area contributed by atoms with Crippen LogP contribution in [-0.4, -0.2) is 17.2 Å². The van der Waals surface area contributed by atoms with Gasteiger partial charge in [0.2, 0.25) is 17.1 Å². The molecule has 2 heterocycles. The molecule has 1 aromatic carbocycles. The Morgan fingerprint density at radius 3 is 2.59 bits per heavy atom. The third-order valence-corrected chi connectivity index (χ3v) is 4.18. The zero-order chi connectivity index (χ0) is 19.7. The third-order valence-electron chi connectivity index (χ3n) is 3.93. The van der Waals surface area contributed by atoms with Crippen molar-refractivity contribution >= 4 is 17.6 Å². The van der Waals surface area contributed by atoms with Crippen molar-refractivity contribution in [3.63, 3.8) is 0 Å². The van der Waals surface area contributed by atoms with Gasteiger partial charge < -0.3 is 24.7 Å². The maximum atomic E-state index is 12.7. The van der Waals surface area contributed by atoms with Crippen LogP contribution in [0.2, 0.25) is 5.02 Å². The van der Waals surface area contributed by atoms with Crippen LogP contribution in [0.4, 0.5) is 0 Å². The summed E-state index contributed by atoms with van der Waals surface area (Å²) in [7, 11) is 0. The molecule has 0 unspecified atom stereocenters. The van der Waals surface area contributed by atoms with Crippen LogP contribution in [0.25, 0.3) is 0 Å². The van der Waals surface area contributed by atoms with E-state index in [2.05, 4.69) is 0 Å². The summed E-state index contributed by atoms with van der Waals surface area (Å²) in [5, 5.41) is 9.88. The molecule has 0 saturated carbocycles. The molecule has 1 aromatic heterocycles. The summed E-state index contributed by atoms with van der Waals surface area (Å²) < 4.78 is 16.3. The Balaban J connectivity index is 2.24. The van der Waals surface area contributed by atoms with E-state index in [9.17, 15) is 14.7 Å². The molecule has 0 radical (unpaired) electrons. The van der Waals surface area contributed by atoms with Gasteiger partial charge in [-0.15, -0.1) is 0 Å². The predicted molar refractivity (Wildman–Crippen MR) is 97.3 cm³/mol. The van der Waals surface area contributed by atoms with Crippen LogP contribution in [-0.2, 0) is 16.1 Å². The number of carbonyl (C=O) groups excluding carboxylic acids is 1. The number of hydrogen-bond acceptors (Lipinski definition) is 7. The van der Waals surface area contributed by atoms with Gasteiger partial charge in [-0.2, -0.15) is 0 Å². The summed E-state index contributed by atoms with van der Waals surface area (Å²) in [5.41, 5.74) is 6.06. The number of esters is 1. The lowest BCUT2D eigenvalue weighted by atomic mass is 9.86. The highest BCUT2D eigenvalue weighted by Crippen LogP contribution is 2.42. The van der Waals surface area contributed by atoms with Gasteiger partial charge in [0, 0.05) is 11.1 Å². The molecule has 1 atom stereocenters. The third kappa shape index (κ3) is 3.70. The molecule has 0 saturated heterocycles. The van der Waals surface area contributed by atoms with Crippen molar-refractivity contribution in [2.75, 3.05) is 0 Å². The fourth-order valence-corrected chi connectivity index (χ4v) is 2.95. The minimum Gasteiger partial charge on any atom is -0.459 e. The Labute approximate surface area is 160 Å². The number of carbonyl (C=O) groups is 1. The molecule has 3 N–H and O–H groups in total. The molecule has 3 rings (SSSR count). The SMILES string of the molecule is CC(C)OC(=O)C1=C(N)Oc2c(oc(CO)cc2=O)[C@@H]1c1ccc(Cl)cc1. The molecule has 1 aliphatic rings. The summed E-state index contributed by atoms with van der Waals surface area (Å²) in [6.07, 6.45) is -0.388. The zero-order valence-corrected chi connectivity index (χ0v) is 15.4. The van der Waals surface area contributed by atoms with Crippen molar-refractivity contribution < 1.29 is 23.8 Å². The van der Waals surface area contributed by atoms with Gasteiger partial charge in [0.1, 0.15) is 17.9 Å². The second-order valence-electron chi connectivity index (χ2n) is 6.25. The molecule has 0 aliphatic carbocycles. The summed E-state index contributed by atoms with van der Waals surface area (Å²) in [6, 6.07) is 7.76. The average molecular weight is 392 g/mol. The number of halogens is 1. The molecule has 0 spiro atoms. The number of fused-ring (bicyclic) bond motifs is 1. The summed E-state index contributed by atoms with van der Waals surface area (Å²) in [5.74, 6) is -1.80. The number of aliphatic hydroxyl groups excluding tert-OH is 1. The maximum absolute atomic E-state index is 12.7. The van der Waals surface area contributed by atoms with Crippen molar-refractivity contribution in [1.29, 1.82) is 0 Å². The molecule has 8 heteroatoms. The summed E-state index contributed by atoms with van der Waals surface area (Å²) in [6.45, 7) is 2.92. The highest BCUT2D eigenvalue weighted by molar-refractivity contribution is 6.30. The largest absolute Gasteiger partial charge is 0.459 e. The van der Waals surface area contributed by atoms with Crippen LogP contribution in [0.1, 0.15) is 36.8 Å². The predicted octanol–water partition coefficient (Wildman–Crippen LogP) is 2.43. The lowest BCUT2D eigenvalue weighted by Gasteiger charge is -2.27. The second kappa shape index (κ2) is 7.46. The Kier molecular flexibility index (Phi) is 5.25. The van der Waals surface area contributed by atoms with Gasteiger partial charge in [0.25, 0.3) is 0 Å². The van der Waals surface area contributed by atoms with Gasteiger partial charge in [-0.1, -0.05) is 23.7 Å². The number of hydrogen-bond donors (Lipinski definition) is 2. The van der Waals surface area contributed by atoms with E-state index in [1.165, 1.54) is 0 Å². The molecule has 7 nitrogen and oxygen atoms in total. The molecule has 0 fully saturated rings. The number of aliphatic hydroxyl groups is 1. The van der Waals surface area contributed by atoms with Crippen LogP contribution in [0.5, 0.6) is 5.75 Å². The quantitative estimate of drug-likeness (QED) is 0.769. The van der Waals surface area contributed by atoms with E-state index < -0.39 is 23.9 Å². The Morgan fingerprint density at radius 2 is 2.00 bits per heavy atom. The lowest BCUT2D eigenvalue weighted by molar-refractivity contribution is -0.143. The number of benzene rings is 1. The Hall–Kier alpha value is -2.77. The van der Waals surface area contributed by atoms with Crippen molar-refractivity contribution in [3.05, 3.63) is 74.1 Å². The first-order valence-corrected chi connectivity index (χ1v) is 8.61. The molecular weight excluding hydrogens is 374 g/mol. The number of nitrogens with two attached hydrogens (primary N) is 1.